The van der Waals surface area contributed by atoms with Crippen molar-refractivity contribution in [2.45, 2.75) is 3.79 Å². The standard InChI is InChI=1S/C13H7Cl3N2O2/c14-13(15,16)12-18-17-11(20-12)4-2-8-1-3-9-5-6-19-10(9)7-8/h1-7H. The Kier molecular flexibility index (Phi) is 3.63. The zero-order chi connectivity index (χ0) is 14.2. The zero-order valence-electron chi connectivity index (χ0n) is 9.89. The van der Waals surface area contributed by atoms with Crippen LogP contribution in [0.3, 0.4) is 0 Å². The average molecular weight is 330 g/mol. The minimum atomic E-state index is -1.72. The number of nitrogens with zero attached hydrogens (tertiary/aromatic N) is 2. The Morgan fingerprint density at radius 1 is 1.05 bits per heavy atom. The number of hydrogen-bond donors (Lipinski definition) is 0. The van der Waals surface area contributed by atoms with Gasteiger partial charge in [0.1, 0.15) is 5.58 Å². The monoisotopic (exact) mass is 328 g/mol. The van der Waals surface area contributed by atoms with Crippen molar-refractivity contribution in [3.05, 3.63) is 60.7 Å². The van der Waals surface area contributed by atoms with Crippen LogP contribution < -0.4 is 0 Å². The van der Waals surface area contributed by atoms with Gasteiger partial charge in [-0.05, 0) is 17.7 Å². The molecule has 0 saturated heterocycles. The first-order valence-electron chi connectivity index (χ1n) is 5.58. The second-order valence-electron chi connectivity index (χ2n) is 3.99. The fraction of sp³-hybridized carbons (Fsp3) is 0.0769. The van der Waals surface area contributed by atoms with Gasteiger partial charge in [0.2, 0.25) is 5.89 Å². The van der Waals surface area contributed by atoms with Crippen LogP contribution in [0.1, 0.15) is 17.3 Å². The molecule has 7 heteroatoms. The molecule has 0 unspecified atom stereocenters. The molecule has 0 bridgehead atoms. The number of halogens is 3. The van der Waals surface area contributed by atoms with Crippen molar-refractivity contribution in [1.29, 1.82) is 0 Å². The van der Waals surface area contributed by atoms with Gasteiger partial charge in [-0.25, -0.2) is 0 Å². The topological polar surface area (TPSA) is 52.1 Å². The lowest BCUT2D eigenvalue weighted by molar-refractivity contribution is 0.480. The van der Waals surface area contributed by atoms with Gasteiger partial charge in [0.15, 0.2) is 0 Å². The molecule has 0 N–H and O–H groups in total. The fourth-order valence-electron chi connectivity index (χ4n) is 1.66. The lowest BCUT2D eigenvalue weighted by Gasteiger charge is -2.02. The molecule has 2 heterocycles. The van der Waals surface area contributed by atoms with E-state index in [1.165, 1.54) is 0 Å². The lowest BCUT2D eigenvalue weighted by Crippen LogP contribution is -1.99. The largest absolute Gasteiger partial charge is 0.464 e. The van der Waals surface area contributed by atoms with Crippen LogP contribution in [0, 0.1) is 12.8 Å². The first-order valence-corrected chi connectivity index (χ1v) is 6.72. The van der Waals surface area contributed by atoms with E-state index >= 15 is 0 Å². The van der Waals surface area contributed by atoms with Crippen LogP contribution in [0.2, 0.25) is 0 Å². The van der Waals surface area contributed by atoms with E-state index in [0.717, 1.165) is 16.5 Å². The van der Waals surface area contributed by atoms with Gasteiger partial charge < -0.3 is 8.83 Å². The molecule has 2 aromatic heterocycles. The van der Waals surface area contributed by atoms with E-state index in [1.54, 1.807) is 19.1 Å². The predicted molar refractivity (Wildman–Crippen MR) is 76.6 cm³/mol. The van der Waals surface area contributed by atoms with Gasteiger partial charge in [-0.3, -0.25) is 0 Å². The summed E-state index contributed by atoms with van der Waals surface area (Å²) in [5.41, 5.74) is 1.74. The Hall–Kier alpha value is -1.23. The summed E-state index contributed by atoms with van der Waals surface area (Å²) in [4.78, 5) is 0. The molecule has 0 aliphatic rings. The highest BCUT2D eigenvalue weighted by molar-refractivity contribution is 6.66. The number of benzene rings is 1. The summed E-state index contributed by atoms with van der Waals surface area (Å²) in [5, 5.41) is 8.47. The third-order valence-corrected chi connectivity index (χ3v) is 3.07. The summed E-state index contributed by atoms with van der Waals surface area (Å²) >= 11 is 16.9. The van der Waals surface area contributed by atoms with Gasteiger partial charge in [-0.15, -0.1) is 10.2 Å². The molecule has 0 aliphatic carbocycles. The first-order chi connectivity index (χ1) is 9.52. The zero-order valence-corrected chi connectivity index (χ0v) is 12.2. The normalized spacial score (nSPS) is 12.2. The SMILES string of the molecule is ClC(Cl)(Cl)c1nnc([CH][CH]c2ccc3ccoc3c2)o1. The van der Waals surface area contributed by atoms with Crippen LogP contribution in [0.4, 0.5) is 0 Å². The minimum absolute atomic E-state index is 0.0661. The highest BCUT2D eigenvalue weighted by atomic mass is 35.6. The Morgan fingerprint density at radius 3 is 2.65 bits per heavy atom. The highest BCUT2D eigenvalue weighted by Gasteiger charge is 2.30. The van der Waals surface area contributed by atoms with Gasteiger partial charge in [0.25, 0.3) is 9.68 Å². The lowest BCUT2D eigenvalue weighted by atomic mass is 10.1. The van der Waals surface area contributed by atoms with Gasteiger partial charge in [0.05, 0.1) is 12.7 Å². The molecular weight excluding hydrogens is 323 g/mol. The van der Waals surface area contributed by atoms with Crippen molar-refractivity contribution in [3.8, 4) is 0 Å². The number of fused-ring (bicyclic) bond motifs is 1. The van der Waals surface area contributed by atoms with Gasteiger partial charge >= 0.3 is 0 Å². The van der Waals surface area contributed by atoms with E-state index in [-0.39, 0.29) is 11.8 Å². The smallest absolute Gasteiger partial charge is 0.268 e. The Morgan fingerprint density at radius 2 is 1.90 bits per heavy atom. The molecule has 0 amide bonds. The maximum Gasteiger partial charge on any atom is 0.268 e. The van der Waals surface area contributed by atoms with Crippen LogP contribution >= 0.6 is 34.8 Å². The highest BCUT2D eigenvalue weighted by Crippen LogP contribution is 2.37. The van der Waals surface area contributed by atoms with Crippen LogP contribution in [0.25, 0.3) is 11.0 Å². The van der Waals surface area contributed by atoms with Crippen molar-refractivity contribution < 1.29 is 8.83 Å². The first kappa shape index (κ1) is 13.7. The second-order valence-corrected chi connectivity index (χ2v) is 6.28. The number of hydrogen-bond acceptors (Lipinski definition) is 4. The van der Waals surface area contributed by atoms with Crippen molar-refractivity contribution in [1.82, 2.24) is 10.2 Å². The molecule has 0 atom stereocenters. The summed E-state index contributed by atoms with van der Waals surface area (Å²) in [6.45, 7) is 0. The average Bonchev–Trinajstić information content (AvgIpc) is 3.04. The third kappa shape index (κ3) is 2.92. The molecule has 3 aromatic rings. The molecule has 0 aliphatic heterocycles. The summed E-state index contributed by atoms with van der Waals surface area (Å²) in [6, 6.07) is 7.70. The molecule has 3 rings (SSSR count). The number of aromatic nitrogens is 2. The summed E-state index contributed by atoms with van der Waals surface area (Å²) in [7, 11) is 0. The van der Waals surface area contributed by atoms with E-state index in [1.807, 2.05) is 24.3 Å². The maximum atomic E-state index is 5.64. The predicted octanol–water partition coefficient (Wildman–Crippen LogP) is 4.45. The van der Waals surface area contributed by atoms with E-state index in [9.17, 15) is 0 Å². The molecular formula is C13H7Cl3N2O2. The van der Waals surface area contributed by atoms with Crippen LogP contribution in [-0.2, 0) is 3.79 Å². The van der Waals surface area contributed by atoms with Gasteiger partial charge in [-0.2, -0.15) is 0 Å². The Balaban J connectivity index is 1.71. The fourth-order valence-corrected chi connectivity index (χ4v) is 1.89. The second kappa shape index (κ2) is 5.28. The number of rotatable bonds is 3. The van der Waals surface area contributed by atoms with Crippen molar-refractivity contribution >= 4 is 45.8 Å². The van der Waals surface area contributed by atoms with Gasteiger partial charge in [0, 0.05) is 11.8 Å². The molecule has 102 valence electrons. The minimum Gasteiger partial charge on any atom is -0.464 e. The Bertz CT molecular complexity index is 730. The third-order valence-electron chi connectivity index (χ3n) is 2.58. The van der Waals surface area contributed by atoms with Crippen LogP contribution in [0.5, 0.6) is 0 Å². The summed E-state index contributed by atoms with van der Waals surface area (Å²) in [5.74, 6) is 0.189. The van der Waals surface area contributed by atoms with Crippen molar-refractivity contribution in [2.24, 2.45) is 0 Å². The molecule has 1 aromatic carbocycles. The van der Waals surface area contributed by atoms with E-state index in [4.69, 9.17) is 43.6 Å². The van der Waals surface area contributed by atoms with Crippen molar-refractivity contribution in [2.75, 3.05) is 0 Å². The number of furan rings is 1. The molecule has 0 saturated carbocycles. The molecule has 20 heavy (non-hydrogen) atoms. The van der Waals surface area contributed by atoms with Crippen LogP contribution in [0.15, 0.2) is 39.4 Å². The van der Waals surface area contributed by atoms with Crippen molar-refractivity contribution in [3.63, 3.8) is 0 Å². The quantitative estimate of drug-likeness (QED) is 0.666. The van der Waals surface area contributed by atoms with Gasteiger partial charge in [-0.1, -0.05) is 46.9 Å². The molecule has 2 radical (unpaired) electrons. The summed E-state index contributed by atoms with van der Waals surface area (Å²) < 4.78 is 8.82. The van der Waals surface area contributed by atoms with Crippen LogP contribution in [-0.4, -0.2) is 10.2 Å². The van der Waals surface area contributed by atoms with E-state index in [0.29, 0.717) is 0 Å². The molecule has 0 spiro atoms. The molecule has 4 nitrogen and oxygen atoms in total. The van der Waals surface area contributed by atoms with E-state index < -0.39 is 3.79 Å². The number of alkyl halides is 3. The maximum absolute atomic E-state index is 5.64. The van der Waals surface area contributed by atoms with E-state index in [2.05, 4.69) is 10.2 Å². The Labute approximate surface area is 129 Å². The molecule has 0 fully saturated rings. The summed E-state index contributed by atoms with van der Waals surface area (Å²) in [6.07, 6.45) is 5.08.